The molecule has 0 aliphatic rings. The summed E-state index contributed by atoms with van der Waals surface area (Å²) in [5.41, 5.74) is 3.66. The predicted octanol–water partition coefficient (Wildman–Crippen LogP) is 2.75. The van der Waals surface area contributed by atoms with Gasteiger partial charge in [-0.05, 0) is 6.42 Å². The topological polar surface area (TPSA) is 63.8 Å². The van der Waals surface area contributed by atoms with Crippen LogP contribution in [0.15, 0.2) is 6.07 Å². The van der Waals surface area contributed by atoms with Gasteiger partial charge in [-0.15, -0.1) is 11.8 Å². The second-order valence-electron chi connectivity index (χ2n) is 4.96. The fourth-order valence-corrected chi connectivity index (χ4v) is 2.05. The van der Waals surface area contributed by atoms with Crippen LogP contribution >= 0.6 is 11.8 Å². The van der Waals surface area contributed by atoms with Gasteiger partial charge >= 0.3 is 0 Å². The van der Waals surface area contributed by atoms with Crippen molar-refractivity contribution in [3.63, 3.8) is 0 Å². The van der Waals surface area contributed by atoms with Crippen LogP contribution in [0.2, 0.25) is 0 Å². The molecule has 0 aliphatic heterocycles. The SMILES string of the molecule is CCCc1cc(NN)nc(CSC(C)(C)C)n1. The lowest BCUT2D eigenvalue weighted by Crippen LogP contribution is -2.13. The van der Waals surface area contributed by atoms with Crippen molar-refractivity contribution in [1.29, 1.82) is 0 Å². The highest BCUT2D eigenvalue weighted by Crippen LogP contribution is 2.26. The van der Waals surface area contributed by atoms with E-state index < -0.39 is 0 Å². The first kappa shape index (κ1) is 14.3. The van der Waals surface area contributed by atoms with Gasteiger partial charge in [-0.3, -0.25) is 0 Å². The first-order chi connectivity index (χ1) is 7.94. The van der Waals surface area contributed by atoms with Gasteiger partial charge < -0.3 is 5.43 Å². The van der Waals surface area contributed by atoms with Crippen LogP contribution < -0.4 is 11.3 Å². The second-order valence-corrected chi connectivity index (χ2v) is 6.76. The number of nitrogen functional groups attached to an aromatic ring is 1. The summed E-state index contributed by atoms with van der Waals surface area (Å²) in [6.45, 7) is 8.71. The molecular formula is C12H22N4S. The van der Waals surface area contributed by atoms with E-state index in [1.165, 1.54) is 0 Å². The fraction of sp³-hybridized carbons (Fsp3) is 0.667. The zero-order valence-electron chi connectivity index (χ0n) is 11.1. The molecule has 4 nitrogen and oxygen atoms in total. The molecule has 1 aromatic rings. The Morgan fingerprint density at radius 1 is 1.35 bits per heavy atom. The van der Waals surface area contributed by atoms with Crippen LogP contribution in [0.5, 0.6) is 0 Å². The van der Waals surface area contributed by atoms with Crippen molar-refractivity contribution in [3.8, 4) is 0 Å². The van der Waals surface area contributed by atoms with Gasteiger partial charge in [0.05, 0.1) is 5.75 Å². The molecule has 0 amide bonds. The van der Waals surface area contributed by atoms with Gasteiger partial charge in [0.1, 0.15) is 11.6 Å². The summed E-state index contributed by atoms with van der Waals surface area (Å²) in [5, 5.41) is 0. The summed E-state index contributed by atoms with van der Waals surface area (Å²) in [7, 11) is 0. The Balaban J connectivity index is 2.79. The van der Waals surface area contributed by atoms with Crippen molar-refractivity contribution in [2.24, 2.45) is 5.84 Å². The van der Waals surface area contributed by atoms with Crippen LogP contribution in [0.4, 0.5) is 5.82 Å². The van der Waals surface area contributed by atoms with Crippen LogP contribution in [0.1, 0.15) is 45.6 Å². The number of hydrogen-bond acceptors (Lipinski definition) is 5. The second kappa shape index (κ2) is 6.21. The number of rotatable bonds is 5. The summed E-state index contributed by atoms with van der Waals surface area (Å²) in [5.74, 6) is 7.79. The molecule has 1 heterocycles. The number of anilines is 1. The van der Waals surface area contributed by atoms with E-state index in [-0.39, 0.29) is 4.75 Å². The molecule has 5 heteroatoms. The number of nitrogens with one attached hydrogen (secondary N) is 1. The van der Waals surface area contributed by atoms with Crippen molar-refractivity contribution >= 4 is 17.6 Å². The van der Waals surface area contributed by atoms with Crippen molar-refractivity contribution < 1.29 is 0 Å². The highest BCUT2D eigenvalue weighted by atomic mass is 32.2. The highest BCUT2D eigenvalue weighted by molar-refractivity contribution is 7.99. The maximum Gasteiger partial charge on any atom is 0.143 e. The van der Waals surface area contributed by atoms with Gasteiger partial charge in [-0.2, -0.15) is 0 Å². The molecule has 0 saturated carbocycles. The van der Waals surface area contributed by atoms with E-state index in [1.54, 1.807) is 0 Å². The van der Waals surface area contributed by atoms with E-state index in [2.05, 4.69) is 43.1 Å². The largest absolute Gasteiger partial charge is 0.308 e. The number of hydrogen-bond donors (Lipinski definition) is 2. The van der Waals surface area contributed by atoms with Crippen molar-refractivity contribution in [3.05, 3.63) is 17.6 Å². The molecule has 0 aromatic carbocycles. The maximum atomic E-state index is 5.42. The zero-order valence-corrected chi connectivity index (χ0v) is 11.9. The predicted molar refractivity (Wildman–Crippen MR) is 74.9 cm³/mol. The average molecular weight is 254 g/mol. The van der Waals surface area contributed by atoms with Crippen LogP contribution in [0.3, 0.4) is 0 Å². The van der Waals surface area contributed by atoms with Gasteiger partial charge in [-0.1, -0.05) is 34.1 Å². The zero-order chi connectivity index (χ0) is 12.9. The van der Waals surface area contributed by atoms with E-state index >= 15 is 0 Å². The minimum absolute atomic E-state index is 0.223. The molecule has 1 rings (SSSR count). The van der Waals surface area contributed by atoms with Crippen LogP contribution in [-0.4, -0.2) is 14.7 Å². The number of hydrazine groups is 1. The molecule has 0 unspecified atom stereocenters. The van der Waals surface area contributed by atoms with Crippen molar-refractivity contribution in [2.45, 2.75) is 51.0 Å². The molecule has 1 aromatic heterocycles. The van der Waals surface area contributed by atoms with Gasteiger partial charge in [-0.25, -0.2) is 15.8 Å². The van der Waals surface area contributed by atoms with Crippen LogP contribution in [0.25, 0.3) is 0 Å². The van der Waals surface area contributed by atoms with Crippen molar-refractivity contribution in [2.75, 3.05) is 5.43 Å². The molecule has 0 spiro atoms. The minimum Gasteiger partial charge on any atom is -0.308 e. The molecule has 0 bridgehead atoms. The Morgan fingerprint density at radius 3 is 2.59 bits per heavy atom. The molecule has 17 heavy (non-hydrogen) atoms. The lowest BCUT2D eigenvalue weighted by atomic mass is 10.2. The Bertz CT molecular complexity index is 360. The molecule has 0 fully saturated rings. The number of aromatic nitrogens is 2. The monoisotopic (exact) mass is 254 g/mol. The average Bonchev–Trinajstić information content (AvgIpc) is 2.25. The normalized spacial score (nSPS) is 11.6. The summed E-state index contributed by atoms with van der Waals surface area (Å²) >= 11 is 1.84. The van der Waals surface area contributed by atoms with E-state index in [0.29, 0.717) is 5.82 Å². The third-order valence-electron chi connectivity index (χ3n) is 2.11. The van der Waals surface area contributed by atoms with Gasteiger partial charge in [0.15, 0.2) is 0 Å². The van der Waals surface area contributed by atoms with E-state index in [9.17, 15) is 0 Å². The van der Waals surface area contributed by atoms with Gasteiger partial charge in [0, 0.05) is 16.5 Å². The highest BCUT2D eigenvalue weighted by Gasteiger charge is 2.12. The third-order valence-corrected chi connectivity index (χ3v) is 3.38. The third kappa shape index (κ3) is 5.37. The van der Waals surface area contributed by atoms with E-state index in [0.717, 1.165) is 30.1 Å². The lowest BCUT2D eigenvalue weighted by molar-refractivity contribution is 0.797. The Kier molecular flexibility index (Phi) is 5.21. The first-order valence-corrected chi connectivity index (χ1v) is 6.90. The minimum atomic E-state index is 0.223. The number of nitrogens with zero attached hydrogens (tertiary/aromatic N) is 2. The summed E-state index contributed by atoms with van der Waals surface area (Å²) in [6, 6.07) is 1.91. The molecular weight excluding hydrogens is 232 g/mol. The summed E-state index contributed by atoms with van der Waals surface area (Å²) in [4.78, 5) is 8.92. The molecule has 0 radical (unpaired) electrons. The Hall–Kier alpha value is -0.810. The van der Waals surface area contributed by atoms with E-state index in [4.69, 9.17) is 5.84 Å². The number of nitrogens with two attached hydrogens (primary N) is 1. The van der Waals surface area contributed by atoms with Crippen LogP contribution in [0, 0.1) is 0 Å². The first-order valence-electron chi connectivity index (χ1n) is 5.92. The lowest BCUT2D eigenvalue weighted by Gasteiger charge is -2.17. The summed E-state index contributed by atoms with van der Waals surface area (Å²) < 4.78 is 0.223. The molecule has 0 atom stereocenters. The van der Waals surface area contributed by atoms with Crippen molar-refractivity contribution in [1.82, 2.24) is 9.97 Å². The van der Waals surface area contributed by atoms with Gasteiger partial charge in [0.2, 0.25) is 0 Å². The fourth-order valence-electron chi connectivity index (χ4n) is 1.36. The van der Waals surface area contributed by atoms with Gasteiger partial charge in [0.25, 0.3) is 0 Å². The smallest absolute Gasteiger partial charge is 0.143 e. The quantitative estimate of drug-likeness (QED) is 0.625. The summed E-state index contributed by atoms with van der Waals surface area (Å²) in [6.07, 6.45) is 2.04. The number of thioether (sulfide) groups is 1. The number of aryl methyl sites for hydroxylation is 1. The Labute approximate surface area is 108 Å². The molecule has 0 saturated heterocycles. The molecule has 0 aliphatic carbocycles. The van der Waals surface area contributed by atoms with Crippen LogP contribution in [-0.2, 0) is 12.2 Å². The molecule has 3 N–H and O–H groups in total. The van der Waals surface area contributed by atoms with E-state index in [1.807, 2.05) is 17.8 Å². The Morgan fingerprint density at radius 2 is 2.06 bits per heavy atom. The molecule has 96 valence electrons. The maximum absolute atomic E-state index is 5.42. The standard InChI is InChI=1S/C12H22N4S/c1-5-6-9-7-10(16-13)15-11(14-9)8-17-12(2,3)4/h7H,5-6,8,13H2,1-4H3,(H,14,15,16).